The van der Waals surface area contributed by atoms with Gasteiger partial charge >= 0.3 is 0 Å². The van der Waals surface area contributed by atoms with Crippen molar-refractivity contribution in [3.63, 3.8) is 0 Å². The third kappa shape index (κ3) is 3.74. The maximum Gasteiger partial charge on any atom is 0.0398 e. The second-order valence-electron chi connectivity index (χ2n) is 5.35. The molecule has 2 unspecified atom stereocenters. The van der Waals surface area contributed by atoms with Gasteiger partial charge in [-0.25, -0.2) is 0 Å². The van der Waals surface area contributed by atoms with Crippen molar-refractivity contribution in [2.75, 3.05) is 11.4 Å². The highest BCUT2D eigenvalue weighted by molar-refractivity contribution is 5.55. The lowest BCUT2D eigenvalue weighted by Gasteiger charge is -2.31. The molecule has 0 aliphatic carbocycles. The van der Waals surface area contributed by atoms with E-state index >= 15 is 0 Å². The van der Waals surface area contributed by atoms with Gasteiger partial charge in [0.2, 0.25) is 0 Å². The molecule has 0 amide bonds. The van der Waals surface area contributed by atoms with Crippen LogP contribution in [0.1, 0.15) is 45.2 Å². The maximum atomic E-state index is 5.86. The van der Waals surface area contributed by atoms with Crippen molar-refractivity contribution in [1.29, 1.82) is 0 Å². The molecular weight excluding hydrogens is 220 g/mol. The van der Waals surface area contributed by atoms with Crippen LogP contribution in [0.3, 0.4) is 0 Å². The average molecular weight is 248 g/mol. The summed E-state index contributed by atoms with van der Waals surface area (Å²) in [6, 6.07) is 7.57. The zero-order valence-electron chi connectivity index (χ0n) is 12.5. The van der Waals surface area contributed by atoms with Gasteiger partial charge in [-0.15, -0.1) is 0 Å². The van der Waals surface area contributed by atoms with Crippen LogP contribution in [0.25, 0.3) is 0 Å². The zero-order chi connectivity index (χ0) is 13.7. The smallest absolute Gasteiger partial charge is 0.0398 e. The third-order valence-electron chi connectivity index (χ3n) is 3.59. The minimum atomic E-state index is 0.229. The normalized spacial score (nSPS) is 14.3. The first-order chi connectivity index (χ1) is 8.49. The monoisotopic (exact) mass is 248 g/mol. The molecule has 1 aromatic rings. The van der Waals surface area contributed by atoms with Gasteiger partial charge in [-0.2, -0.15) is 0 Å². The summed E-state index contributed by atoms with van der Waals surface area (Å²) >= 11 is 0. The van der Waals surface area contributed by atoms with Gasteiger partial charge < -0.3 is 10.6 Å². The molecule has 0 spiro atoms. The van der Waals surface area contributed by atoms with Crippen molar-refractivity contribution in [1.82, 2.24) is 0 Å². The highest BCUT2D eigenvalue weighted by atomic mass is 15.1. The van der Waals surface area contributed by atoms with Gasteiger partial charge in [0.25, 0.3) is 0 Å². The van der Waals surface area contributed by atoms with Gasteiger partial charge in [-0.1, -0.05) is 19.1 Å². The molecule has 0 aromatic heterocycles. The largest absolute Gasteiger partial charge is 0.369 e. The Labute approximate surface area is 112 Å². The van der Waals surface area contributed by atoms with Crippen LogP contribution in [-0.4, -0.2) is 18.6 Å². The highest BCUT2D eigenvalue weighted by Gasteiger charge is 2.13. The highest BCUT2D eigenvalue weighted by Crippen LogP contribution is 2.24. The summed E-state index contributed by atoms with van der Waals surface area (Å²) in [5.41, 5.74) is 9.92. The number of nitrogens with two attached hydrogens (primary N) is 1. The SMILES string of the molecule is CCC(C)N(CC)c1ccc(CC(C)N)cc1C. The fraction of sp³-hybridized carbons (Fsp3) is 0.625. The summed E-state index contributed by atoms with van der Waals surface area (Å²) in [4.78, 5) is 2.48. The molecule has 0 bridgehead atoms. The maximum absolute atomic E-state index is 5.86. The molecule has 0 saturated carbocycles. The zero-order valence-corrected chi connectivity index (χ0v) is 12.5. The molecule has 102 valence electrons. The fourth-order valence-electron chi connectivity index (χ4n) is 2.48. The number of hydrogen-bond acceptors (Lipinski definition) is 2. The first kappa shape index (κ1) is 15.0. The van der Waals surface area contributed by atoms with Crippen molar-refractivity contribution in [2.24, 2.45) is 5.73 Å². The van der Waals surface area contributed by atoms with Crippen LogP contribution in [0.2, 0.25) is 0 Å². The minimum absolute atomic E-state index is 0.229. The molecule has 2 N–H and O–H groups in total. The van der Waals surface area contributed by atoms with E-state index in [-0.39, 0.29) is 6.04 Å². The van der Waals surface area contributed by atoms with E-state index in [1.165, 1.54) is 23.2 Å². The Morgan fingerprint density at radius 2 is 1.89 bits per heavy atom. The van der Waals surface area contributed by atoms with Crippen LogP contribution in [0, 0.1) is 6.92 Å². The molecule has 0 radical (unpaired) electrons. The van der Waals surface area contributed by atoms with Gasteiger partial charge in [-0.3, -0.25) is 0 Å². The molecule has 0 fully saturated rings. The van der Waals surface area contributed by atoms with Gasteiger partial charge in [-0.05, 0) is 57.7 Å². The van der Waals surface area contributed by atoms with E-state index in [1.54, 1.807) is 0 Å². The predicted molar refractivity (Wildman–Crippen MR) is 81.3 cm³/mol. The van der Waals surface area contributed by atoms with Crippen LogP contribution < -0.4 is 10.6 Å². The molecular formula is C16H28N2. The Morgan fingerprint density at radius 1 is 1.22 bits per heavy atom. The van der Waals surface area contributed by atoms with Crippen LogP contribution in [0.4, 0.5) is 5.69 Å². The van der Waals surface area contributed by atoms with Crippen molar-refractivity contribution >= 4 is 5.69 Å². The van der Waals surface area contributed by atoms with E-state index in [0.29, 0.717) is 6.04 Å². The standard InChI is InChI=1S/C16H28N2/c1-6-14(5)18(7-2)16-9-8-15(10-12(16)3)11-13(4)17/h8-10,13-14H,6-7,11,17H2,1-5H3. The number of nitrogens with zero attached hydrogens (tertiary/aromatic N) is 1. The Kier molecular flexibility index (Phi) is 5.67. The lowest BCUT2D eigenvalue weighted by molar-refractivity contribution is 0.628. The summed E-state index contributed by atoms with van der Waals surface area (Å²) < 4.78 is 0. The molecule has 1 rings (SSSR count). The van der Waals surface area contributed by atoms with Gasteiger partial charge in [0.1, 0.15) is 0 Å². The molecule has 2 nitrogen and oxygen atoms in total. The topological polar surface area (TPSA) is 29.3 Å². The van der Waals surface area contributed by atoms with E-state index < -0.39 is 0 Å². The van der Waals surface area contributed by atoms with E-state index in [2.05, 4.69) is 57.7 Å². The molecule has 0 aliphatic rings. The molecule has 2 heteroatoms. The van der Waals surface area contributed by atoms with E-state index in [9.17, 15) is 0 Å². The van der Waals surface area contributed by atoms with Crippen LogP contribution in [0.15, 0.2) is 18.2 Å². The van der Waals surface area contributed by atoms with Crippen molar-refractivity contribution in [2.45, 2.75) is 59.5 Å². The summed E-state index contributed by atoms with van der Waals surface area (Å²) in [5, 5.41) is 0. The minimum Gasteiger partial charge on any atom is -0.369 e. The lowest BCUT2D eigenvalue weighted by atomic mass is 10.0. The summed E-state index contributed by atoms with van der Waals surface area (Å²) in [6.45, 7) is 12.1. The summed E-state index contributed by atoms with van der Waals surface area (Å²) in [7, 11) is 0. The molecule has 18 heavy (non-hydrogen) atoms. The molecule has 0 saturated heterocycles. The van der Waals surface area contributed by atoms with Gasteiger partial charge in [0.15, 0.2) is 0 Å². The van der Waals surface area contributed by atoms with Crippen LogP contribution in [0.5, 0.6) is 0 Å². The molecule has 2 atom stereocenters. The third-order valence-corrected chi connectivity index (χ3v) is 3.59. The van der Waals surface area contributed by atoms with E-state index in [0.717, 1.165) is 13.0 Å². The Hall–Kier alpha value is -1.02. The quantitative estimate of drug-likeness (QED) is 0.834. The Morgan fingerprint density at radius 3 is 2.33 bits per heavy atom. The van der Waals surface area contributed by atoms with Crippen LogP contribution >= 0.6 is 0 Å². The molecule has 0 aliphatic heterocycles. The fourth-order valence-corrected chi connectivity index (χ4v) is 2.48. The second-order valence-corrected chi connectivity index (χ2v) is 5.35. The van der Waals surface area contributed by atoms with Gasteiger partial charge in [0.05, 0.1) is 0 Å². The molecule has 1 aromatic carbocycles. The van der Waals surface area contributed by atoms with Crippen LogP contribution in [-0.2, 0) is 6.42 Å². The molecule has 0 heterocycles. The number of benzene rings is 1. The Balaban J connectivity index is 2.96. The van der Waals surface area contributed by atoms with Crippen molar-refractivity contribution in [3.05, 3.63) is 29.3 Å². The van der Waals surface area contributed by atoms with Gasteiger partial charge in [0, 0.05) is 24.3 Å². The van der Waals surface area contributed by atoms with E-state index in [4.69, 9.17) is 5.73 Å². The summed E-state index contributed by atoms with van der Waals surface area (Å²) in [6.07, 6.45) is 2.13. The number of hydrogen-bond donors (Lipinski definition) is 1. The number of aryl methyl sites for hydroxylation is 1. The second kappa shape index (κ2) is 6.79. The van der Waals surface area contributed by atoms with Crippen molar-refractivity contribution in [3.8, 4) is 0 Å². The summed E-state index contributed by atoms with van der Waals surface area (Å²) in [5.74, 6) is 0. The van der Waals surface area contributed by atoms with E-state index in [1.807, 2.05) is 0 Å². The predicted octanol–water partition coefficient (Wildman–Crippen LogP) is 3.51. The number of rotatable bonds is 6. The number of anilines is 1. The van der Waals surface area contributed by atoms with Crippen molar-refractivity contribution < 1.29 is 0 Å². The average Bonchev–Trinajstić information content (AvgIpc) is 2.31. The lowest BCUT2D eigenvalue weighted by Crippen LogP contribution is -2.32. The first-order valence-electron chi connectivity index (χ1n) is 7.11. The Bertz CT molecular complexity index is 371. The first-order valence-corrected chi connectivity index (χ1v) is 7.11.